The Morgan fingerprint density at radius 1 is 1.44 bits per heavy atom. The van der Waals surface area contributed by atoms with E-state index < -0.39 is 0 Å². The molecule has 0 spiro atoms. The Morgan fingerprint density at radius 3 is 3.00 bits per heavy atom. The lowest BCUT2D eigenvalue weighted by Gasteiger charge is -2.12. The molecule has 0 bridgehead atoms. The van der Waals surface area contributed by atoms with Crippen molar-refractivity contribution in [2.75, 3.05) is 20.3 Å². The van der Waals surface area contributed by atoms with Crippen molar-refractivity contribution in [1.29, 1.82) is 0 Å². The van der Waals surface area contributed by atoms with E-state index >= 15 is 0 Å². The van der Waals surface area contributed by atoms with Crippen LogP contribution in [0.5, 0.6) is 0 Å². The Morgan fingerprint density at radius 2 is 2.22 bits per heavy atom. The van der Waals surface area contributed by atoms with Crippen molar-refractivity contribution in [2.24, 2.45) is 0 Å². The Bertz CT molecular complexity index is 559. The standard InChI is InChI=1S/C13H19N3O2/c1-10(9-18-2)14-7-8-16-12-6-4-3-5-11(12)15-13(16)17/h3-6,10,14H,7-9H2,1-2H3,(H,15,17). The highest BCUT2D eigenvalue weighted by atomic mass is 16.5. The quantitative estimate of drug-likeness (QED) is 0.801. The summed E-state index contributed by atoms with van der Waals surface area (Å²) in [6, 6.07) is 8.00. The lowest BCUT2D eigenvalue weighted by Crippen LogP contribution is -2.34. The van der Waals surface area contributed by atoms with E-state index in [1.54, 1.807) is 11.7 Å². The molecule has 0 fully saturated rings. The third-order valence-electron chi connectivity index (χ3n) is 2.93. The summed E-state index contributed by atoms with van der Waals surface area (Å²) >= 11 is 0. The van der Waals surface area contributed by atoms with Gasteiger partial charge in [-0.2, -0.15) is 0 Å². The number of ether oxygens (including phenoxy) is 1. The molecule has 0 aliphatic carbocycles. The molecule has 2 N–H and O–H groups in total. The molecule has 0 radical (unpaired) electrons. The molecular formula is C13H19N3O2. The summed E-state index contributed by atoms with van der Waals surface area (Å²) in [5, 5.41) is 3.32. The Labute approximate surface area is 106 Å². The first-order valence-corrected chi connectivity index (χ1v) is 6.12. The van der Waals surface area contributed by atoms with Gasteiger partial charge in [0.25, 0.3) is 0 Å². The number of H-pyrrole nitrogens is 1. The van der Waals surface area contributed by atoms with E-state index in [0.717, 1.165) is 17.6 Å². The number of imidazole rings is 1. The van der Waals surface area contributed by atoms with Gasteiger partial charge in [0, 0.05) is 26.2 Å². The highest BCUT2D eigenvalue weighted by Crippen LogP contribution is 2.08. The van der Waals surface area contributed by atoms with Gasteiger partial charge in [-0.25, -0.2) is 4.79 Å². The molecule has 5 nitrogen and oxygen atoms in total. The molecule has 2 rings (SSSR count). The minimum Gasteiger partial charge on any atom is -0.383 e. The zero-order chi connectivity index (χ0) is 13.0. The molecular weight excluding hydrogens is 230 g/mol. The maximum Gasteiger partial charge on any atom is 0.326 e. The topological polar surface area (TPSA) is 59.0 Å². The van der Waals surface area contributed by atoms with Crippen LogP contribution in [-0.2, 0) is 11.3 Å². The smallest absolute Gasteiger partial charge is 0.326 e. The summed E-state index contributed by atoms with van der Waals surface area (Å²) in [6.45, 7) is 4.12. The summed E-state index contributed by atoms with van der Waals surface area (Å²) in [4.78, 5) is 14.6. The predicted octanol–water partition coefficient (Wildman–Crippen LogP) is 0.954. The fourth-order valence-corrected chi connectivity index (χ4v) is 2.06. The summed E-state index contributed by atoms with van der Waals surface area (Å²) in [7, 11) is 1.68. The number of rotatable bonds is 6. The van der Waals surface area contributed by atoms with E-state index in [9.17, 15) is 4.79 Å². The van der Waals surface area contributed by atoms with Crippen molar-refractivity contribution in [3.8, 4) is 0 Å². The number of para-hydroxylation sites is 2. The number of methoxy groups -OCH3 is 1. The van der Waals surface area contributed by atoms with E-state index in [1.807, 2.05) is 24.3 Å². The van der Waals surface area contributed by atoms with E-state index in [-0.39, 0.29) is 11.7 Å². The Kier molecular flexibility index (Phi) is 4.17. The number of fused-ring (bicyclic) bond motifs is 1. The maximum atomic E-state index is 11.8. The van der Waals surface area contributed by atoms with Gasteiger partial charge < -0.3 is 15.0 Å². The molecule has 0 amide bonds. The lowest BCUT2D eigenvalue weighted by atomic mass is 10.3. The number of hydrogen-bond donors (Lipinski definition) is 2. The molecule has 0 saturated carbocycles. The second kappa shape index (κ2) is 5.84. The van der Waals surface area contributed by atoms with Crippen molar-refractivity contribution in [2.45, 2.75) is 19.5 Å². The fraction of sp³-hybridized carbons (Fsp3) is 0.462. The molecule has 98 valence electrons. The summed E-state index contributed by atoms with van der Waals surface area (Å²) in [6.07, 6.45) is 0. The van der Waals surface area contributed by atoms with Gasteiger partial charge in [-0.3, -0.25) is 4.57 Å². The van der Waals surface area contributed by atoms with E-state index in [1.165, 1.54) is 0 Å². The predicted molar refractivity (Wildman–Crippen MR) is 71.9 cm³/mol. The molecule has 5 heteroatoms. The average molecular weight is 249 g/mol. The molecule has 1 unspecified atom stereocenters. The third-order valence-corrected chi connectivity index (χ3v) is 2.93. The number of hydrogen-bond acceptors (Lipinski definition) is 3. The number of benzene rings is 1. The highest BCUT2D eigenvalue weighted by Gasteiger charge is 2.06. The van der Waals surface area contributed by atoms with Gasteiger partial charge in [-0.1, -0.05) is 12.1 Å². The van der Waals surface area contributed by atoms with Crippen LogP contribution < -0.4 is 11.0 Å². The fourth-order valence-electron chi connectivity index (χ4n) is 2.06. The minimum atomic E-state index is -0.0580. The first-order chi connectivity index (χ1) is 8.72. The molecule has 0 aliphatic heterocycles. The number of nitrogens with zero attached hydrogens (tertiary/aromatic N) is 1. The number of aromatic amines is 1. The monoisotopic (exact) mass is 249 g/mol. The molecule has 0 saturated heterocycles. The number of aromatic nitrogens is 2. The molecule has 1 atom stereocenters. The van der Waals surface area contributed by atoms with Gasteiger partial charge >= 0.3 is 5.69 Å². The largest absolute Gasteiger partial charge is 0.383 e. The Hall–Kier alpha value is -1.59. The first kappa shape index (κ1) is 12.9. The van der Waals surface area contributed by atoms with Crippen LogP contribution in [-0.4, -0.2) is 35.9 Å². The van der Waals surface area contributed by atoms with Crippen LogP contribution in [0.4, 0.5) is 0 Å². The van der Waals surface area contributed by atoms with Crippen LogP contribution in [0, 0.1) is 0 Å². The van der Waals surface area contributed by atoms with E-state index in [0.29, 0.717) is 13.2 Å². The number of nitrogens with one attached hydrogen (secondary N) is 2. The third kappa shape index (κ3) is 2.80. The summed E-state index contributed by atoms with van der Waals surface area (Å²) < 4.78 is 6.80. The zero-order valence-electron chi connectivity index (χ0n) is 10.8. The summed E-state index contributed by atoms with van der Waals surface area (Å²) in [5.74, 6) is 0. The highest BCUT2D eigenvalue weighted by molar-refractivity contribution is 5.74. The SMILES string of the molecule is COCC(C)NCCn1c(=O)[nH]c2ccccc21. The second-order valence-electron chi connectivity index (χ2n) is 4.41. The van der Waals surface area contributed by atoms with Crippen LogP contribution in [0.3, 0.4) is 0 Å². The van der Waals surface area contributed by atoms with E-state index in [2.05, 4.69) is 17.2 Å². The van der Waals surface area contributed by atoms with Crippen LogP contribution in [0.2, 0.25) is 0 Å². The van der Waals surface area contributed by atoms with Crippen LogP contribution in [0.15, 0.2) is 29.1 Å². The van der Waals surface area contributed by atoms with Gasteiger partial charge in [0.2, 0.25) is 0 Å². The second-order valence-corrected chi connectivity index (χ2v) is 4.41. The molecule has 0 aliphatic rings. The van der Waals surface area contributed by atoms with Crippen LogP contribution >= 0.6 is 0 Å². The zero-order valence-corrected chi connectivity index (χ0v) is 10.8. The van der Waals surface area contributed by atoms with Gasteiger partial charge in [-0.05, 0) is 19.1 Å². The van der Waals surface area contributed by atoms with Crippen molar-refractivity contribution in [3.63, 3.8) is 0 Å². The average Bonchev–Trinajstić information content (AvgIpc) is 2.66. The van der Waals surface area contributed by atoms with Gasteiger partial charge in [0.1, 0.15) is 0 Å². The normalized spacial score (nSPS) is 13.0. The van der Waals surface area contributed by atoms with E-state index in [4.69, 9.17) is 4.74 Å². The molecule has 2 aromatic rings. The van der Waals surface area contributed by atoms with Crippen molar-refractivity contribution >= 4 is 11.0 Å². The lowest BCUT2D eigenvalue weighted by molar-refractivity contribution is 0.172. The molecule has 1 heterocycles. The minimum absolute atomic E-state index is 0.0580. The Balaban J connectivity index is 2.03. The molecule has 18 heavy (non-hydrogen) atoms. The van der Waals surface area contributed by atoms with Gasteiger partial charge in [-0.15, -0.1) is 0 Å². The first-order valence-electron chi connectivity index (χ1n) is 6.12. The van der Waals surface area contributed by atoms with Crippen molar-refractivity contribution < 1.29 is 4.74 Å². The molecule has 1 aromatic heterocycles. The molecule has 1 aromatic carbocycles. The summed E-state index contributed by atoms with van der Waals surface area (Å²) in [5.41, 5.74) is 1.77. The van der Waals surface area contributed by atoms with Gasteiger partial charge in [0.15, 0.2) is 0 Å². The van der Waals surface area contributed by atoms with Gasteiger partial charge in [0.05, 0.1) is 17.6 Å². The van der Waals surface area contributed by atoms with Crippen LogP contribution in [0.1, 0.15) is 6.92 Å². The maximum absolute atomic E-state index is 11.8. The van der Waals surface area contributed by atoms with Crippen molar-refractivity contribution in [3.05, 3.63) is 34.7 Å². The van der Waals surface area contributed by atoms with Crippen LogP contribution in [0.25, 0.3) is 11.0 Å². The van der Waals surface area contributed by atoms with Crippen molar-refractivity contribution in [1.82, 2.24) is 14.9 Å².